The van der Waals surface area contributed by atoms with Gasteiger partial charge in [0.25, 0.3) is 5.82 Å². The molecule has 4 nitrogen and oxygen atoms in total. The molecule has 5 heteroatoms. The van der Waals surface area contributed by atoms with E-state index in [0.717, 1.165) is 35.4 Å². The van der Waals surface area contributed by atoms with E-state index in [1.54, 1.807) is 0 Å². The van der Waals surface area contributed by atoms with E-state index in [1.165, 1.54) is 38.5 Å². The number of halogens is 1. The fourth-order valence-corrected chi connectivity index (χ4v) is 4.11. The van der Waals surface area contributed by atoms with Crippen molar-refractivity contribution in [3.63, 3.8) is 0 Å². The highest BCUT2D eigenvalue weighted by atomic mass is 35.5. The summed E-state index contributed by atoms with van der Waals surface area (Å²) in [6, 6.07) is 18.3. The monoisotopic (exact) mass is 444 g/mol. The topological polar surface area (TPSA) is 38.3 Å². The number of fused-ring (bicyclic) bond motifs is 1. The molecule has 0 saturated carbocycles. The van der Waals surface area contributed by atoms with Crippen molar-refractivity contribution < 1.29 is 26.8 Å². The quantitative estimate of drug-likeness (QED) is 0.325. The predicted molar refractivity (Wildman–Crippen MR) is 122 cm³/mol. The van der Waals surface area contributed by atoms with E-state index in [2.05, 4.69) is 47.4 Å². The molecule has 1 unspecified atom stereocenters. The Kier molecular flexibility index (Phi) is 11.1. The molecule has 0 aliphatic heterocycles. The molecule has 0 aliphatic rings. The van der Waals surface area contributed by atoms with Gasteiger partial charge in [-0.1, -0.05) is 87.9 Å². The van der Waals surface area contributed by atoms with Crippen LogP contribution in [0.15, 0.2) is 54.6 Å². The number of imidazole rings is 1. The summed E-state index contributed by atoms with van der Waals surface area (Å²) in [5, 5.41) is 10.8. The van der Waals surface area contributed by atoms with E-state index in [0.29, 0.717) is 13.2 Å². The molecule has 0 fully saturated rings. The van der Waals surface area contributed by atoms with Gasteiger partial charge in [-0.15, -0.1) is 0 Å². The number of hydrogen-bond acceptors (Lipinski definition) is 2. The molecule has 170 valence electrons. The number of nitrogens with zero attached hydrogens (tertiary/aromatic N) is 2. The summed E-state index contributed by atoms with van der Waals surface area (Å²) < 4.78 is 10.5. The maximum absolute atomic E-state index is 10.8. The molecular weight excluding hydrogens is 408 g/mol. The van der Waals surface area contributed by atoms with Crippen LogP contribution in [0.5, 0.6) is 0 Å². The van der Waals surface area contributed by atoms with Crippen molar-refractivity contribution in [2.75, 3.05) is 6.61 Å². The van der Waals surface area contributed by atoms with Crippen molar-refractivity contribution in [1.29, 1.82) is 0 Å². The van der Waals surface area contributed by atoms with Gasteiger partial charge in [0, 0.05) is 0 Å². The molecule has 0 radical (unpaired) electrons. The van der Waals surface area contributed by atoms with Crippen LogP contribution < -0.4 is 17.0 Å². The molecule has 0 aliphatic carbocycles. The summed E-state index contributed by atoms with van der Waals surface area (Å²) in [6.07, 6.45) is 9.02. The number of aliphatic hydroxyl groups is 1. The van der Waals surface area contributed by atoms with Crippen LogP contribution in [0.4, 0.5) is 0 Å². The van der Waals surface area contributed by atoms with Crippen LogP contribution in [0.3, 0.4) is 0 Å². The number of aryl methyl sites for hydroxylation is 1. The number of unbranched alkanes of at least 4 members (excludes halogenated alkanes) is 6. The van der Waals surface area contributed by atoms with E-state index >= 15 is 0 Å². The van der Waals surface area contributed by atoms with Gasteiger partial charge in [-0.3, -0.25) is 0 Å². The first kappa shape index (κ1) is 25.4. The van der Waals surface area contributed by atoms with E-state index in [9.17, 15) is 5.11 Å². The van der Waals surface area contributed by atoms with Crippen LogP contribution in [-0.2, 0) is 24.9 Å². The van der Waals surface area contributed by atoms with Crippen LogP contribution in [0.2, 0.25) is 0 Å². The van der Waals surface area contributed by atoms with Crippen molar-refractivity contribution in [1.82, 2.24) is 4.57 Å². The smallest absolute Gasteiger partial charge is 0.262 e. The molecule has 0 saturated heterocycles. The zero-order valence-electron chi connectivity index (χ0n) is 19.0. The fraction of sp³-hybridized carbons (Fsp3) is 0.500. The lowest BCUT2D eigenvalue weighted by atomic mass is 10.1. The average Bonchev–Trinajstić information content (AvgIpc) is 3.04. The van der Waals surface area contributed by atoms with E-state index in [1.807, 2.05) is 30.3 Å². The largest absolute Gasteiger partial charge is 1.00 e. The Morgan fingerprint density at radius 1 is 0.903 bits per heavy atom. The number of ether oxygens (including phenoxy) is 1. The highest BCUT2D eigenvalue weighted by Crippen LogP contribution is 2.21. The van der Waals surface area contributed by atoms with Crippen LogP contribution in [-0.4, -0.2) is 16.3 Å². The molecule has 1 atom stereocenters. The van der Waals surface area contributed by atoms with Crippen LogP contribution in [0.1, 0.15) is 69.4 Å². The molecule has 0 bridgehead atoms. The lowest BCUT2D eigenvalue weighted by molar-refractivity contribution is -0.654. The number of aliphatic hydroxyl groups excluding tert-OH is 1. The van der Waals surface area contributed by atoms with Gasteiger partial charge in [0.2, 0.25) is 0 Å². The van der Waals surface area contributed by atoms with Crippen molar-refractivity contribution >= 4 is 11.0 Å². The van der Waals surface area contributed by atoms with Gasteiger partial charge in [-0.05, 0) is 24.1 Å². The Hall–Kier alpha value is -1.88. The first-order chi connectivity index (χ1) is 14.7. The number of benzene rings is 2. The molecular formula is C26H37ClN2O2. The lowest BCUT2D eigenvalue weighted by Gasteiger charge is -2.10. The molecule has 3 rings (SSSR count). The number of para-hydroxylation sites is 2. The minimum absolute atomic E-state index is 0. The maximum Gasteiger partial charge on any atom is 0.262 e. The summed E-state index contributed by atoms with van der Waals surface area (Å²) in [5.41, 5.74) is 3.25. The highest BCUT2D eigenvalue weighted by Gasteiger charge is 2.25. The Bertz CT molecular complexity index is 895. The van der Waals surface area contributed by atoms with E-state index < -0.39 is 6.10 Å². The Morgan fingerprint density at radius 2 is 1.55 bits per heavy atom. The Balaban J connectivity index is 0.00000341. The van der Waals surface area contributed by atoms with Gasteiger partial charge in [-0.25, -0.2) is 9.13 Å². The second kappa shape index (κ2) is 13.5. The number of aromatic nitrogens is 2. The third kappa shape index (κ3) is 7.06. The highest BCUT2D eigenvalue weighted by molar-refractivity contribution is 5.72. The van der Waals surface area contributed by atoms with Crippen molar-refractivity contribution in [2.24, 2.45) is 7.05 Å². The summed E-state index contributed by atoms with van der Waals surface area (Å²) in [7, 11) is 2.07. The minimum Gasteiger partial charge on any atom is -1.00 e. The number of hydrogen-bond donors (Lipinski definition) is 1. The molecule has 31 heavy (non-hydrogen) atoms. The second-order valence-electron chi connectivity index (χ2n) is 8.18. The summed E-state index contributed by atoms with van der Waals surface area (Å²) in [4.78, 5) is 0. The zero-order valence-corrected chi connectivity index (χ0v) is 19.7. The minimum atomic E-state index is -0.538. The van der Waals surface area contributed by atoms with Gasteiger partial charge >= 0.3 is 0 Å². The predicted octanol–water partition coefficient (Wildman–Crippen LogP) is 2.47. The van der Waals surface area contributed by atoms with Gasteiger partial charge in [0.05, 0.1) is 26.2 Å². The van der Waals surface area contributed by atoms with Gasteiger partial charge in [-0.2, -0.15) is 0 Å². The Morgan fingerprint density at radius 3 is 2.29 bits per heavy atom. The summed E-state index contributed by atoms with van der Waals surface area (Å²) in [5.74, 6) is 1.08. The maximum atomic E-state index is 10.8. The first-order valence-corrected chi connectivity index (χ1v) is 11.5. The summed E-state index contributed by atoms with van der Waals surface area (Å²) in [6.45, 7) is 3.56. The third-order valence-electron chi connectivity index (χ3n) is 5.91. The van der Waals surface area contributed by atoms with Crippen molar-refractivity contribution in [2.45, 2.75) is 71.1 Å². The van der Waals surface area contributed by atoms with Gasteiger partial charge in [0.1, 0.15) is 0 Å². The standard InChI is InChI=1S/C26H37N2O2.ClH/c1-3-4-5-6-7-8-14-19-30-21-28-24-18-13-12-17-23(24)27(2)26(28)20-25(29)22-15-10-9-11-16-22;/h9-13,15-18,25,29H,3-8,14,19-21H2,1-2H3;1H/q+1;/p-1. The average molecular weight is 445 g/mol. The number of rotatable bonds is 13. The van der Waals surface area contributed by atoms with Crippen molar-refractivity contribution in [3.05, 3.63) is 66.0 Å². The second-order valence-corrected chi connectivity index (χ2v) is 8.18. The molecule has 2 aromatic carbocycles. The molecule has 0 spiro atoms. The lowest BCUT2D eigenvalue weighted by Crippen LogP contribution is -3.00. The normalized spacial score (nSPS) is 12.1. The van der Waals surface area contributed by atoms with Crippen molar-refractivity contribution in [3.8, 4) is 0 Å². The SMILES string of the molecule is CCCCCCCCCOCn1c(CC(O)c2ccccc2)[n+](C)c2ccccc21.[Cl-]. The van der Waals surface area contributed by atoms with Crippen LogP contribution in [0, 0.1) is 0 Å². The molecule has 0 amide bonds. The van der Waals surface area contributed by atoms with Gasteiger partial charge < -0.3 is 22.3 Å². The summed E-state index contributed by atoms with van der Waals surface area (Å²) >= 11 is 0. The first-order valence-electron chi connectivity index (χ1n) is 11.5. The zero-order chi connectivity index (χ0) is 21.2. The molecule has 1 heterocycles. The van der Waals surface area contributed by atoms with E-state index in [-0.39, 0.29) is 12.4 Å². The van der Waals surface area contributed by atoms with E-state index in [4.69, 9.17) is 4.74 Å². The van der Waals surface area contributed by atoms with Crippen LogP contribution >= 0.6 is 0 Å². The van der Waals surface area contributed by atoms with Crippen LogP contribution in [0.25, 0.3) is 11.0 Å². The molecule has 1 N–H and O–H groups in total. The third-order valence-corrected chi connectivity index (χ3v) is 5.91. The fourth-order valence-electron chi connectivity index (χ4n) is 4.11. The Labute approximate surface area is 193 Å². The molecule has 3 aromatic rings. The van der Waals surface area contributed by atoms with Gasteiger partial charge in [0.15, 0.2) is 17.8 Å². The molecule has 1 aromatic heterocycles.